The molecule has 0 heterocycles. The monoisotopic (exact) mass is 421 g/mol. The molecule has 1 unspecified atom stereocenters. The van der Waals surface area contributed by atoms with Crippen molar-refractivity contribution in [3.05, 3.63) is 63.4 Å². The molecule has 0 saturated carbocycles. The van der Waals surface area contributed by atoms with Crippen LogP contribution in [-0.2, 0) is 4.74 Å². The number of hydrogen-bond donors (Lipinski definition) is 1. The van der Waals surface area contributed by atoms with Crippen LogP contribution in [0.4, 0.5) is 10.1 Å². The largest absolute Gasteiger partial charge is 0.462 e. The zero-order valence-electron chi connectivity index (χ0n) is 15.6. The molecule has 0 bridgehead atoms. The molecule has 0 aliphatic heterocycles. The number of ether oxygens (including phenoxy) is 1. The molecule has 1 atom stereocenters. The second-order valence-electron chi connectivity index (χ2n) is 6.75. The molecule has 0 saturated heterocycles. The van der Waals surface area contributed by atoms with Crippen molar-refractivity contribution in [3.8, 4) is 0 Å². The molecule has 0 aliphatic carbocycles. The average molecular weight is 422 g/mol. The summed E-state index contributed by atoms with van der Waals surface area (Å²) < 4.78 is 20.1. The Morgan fingerprint density at radius 2 is 1.88 bits per heavy atom. The van der Waals surface area contributed by atoms with Crippen molar-refractivity contribution in [2.45, 2.75) is 40.2 Å². The molecule has 3 nitrogen and oxygen atoms in total. The van der Waals surface area contributed by atoms with Gasteiger partial charge in [-0.3, -0.25) is 0 Å². The average Bonchev–Trinajstić information content (AvgIpc) is 2.59. The van der Waals surface area contributed by atoms with E-state index < -0.39 is 0 Å². The first kappa shape index (κ1) is 20.4. The highest BCUT2D eigenvalue weighted by Crippen LogP contribution is 2.30. The van der Waals surface area contributed by atoms with Crippen molar-refractivity contribution >= 4 is 27.6 Å². The second kappa shape index (κ2) is 9.17. The Bertz CT molecular complexity index is 759. The van der Waals surface area contributed by atoms with Gasteiger partial charge < -0.3 is 10.1 Å². The molecule has 0 spiro atoms. The van der Waals surface area contributed by atoms with Gasteiger partial charge in [-0.2, -0.15) is 0 Å². The number of nitrogens with one attached hydrogen (secondary N) is 1. The van der Waals surface area contributed by atoms with Gasteiger partial charge in [0.05, 0.1) is 23.9 Å². The lowest BCUT2D eigenvalue weighted by Gasteiger charge is -2.23. The van der Waals surface area contributed by atoms with Crippen molar-refractivity contribution < 1.29 is 13.9 Å². The van der Waals surface area contributed by atoms with E-state index in [0.717, 1.165) is 22.0 Å². The molecule has 0 radical (unpaired) electrons. The van der Waals surface area contributed by atoms with Gasteiger partial charge in [-0.05, 0) is 61.6 Å². The van der Waals surface area contributed by atoms with Crippen molar-refractivity contribution in [3.63, 3.8) is 0 Å². The number of carbonyl (C=O) groups excluding carboxylic acids is 1. The first-order valence-corrected chi connectivity index (χ1v) is 9.60. The van der Waals surface area contributed by atoms with Gasteiger partial charge in [0.15, 0.2) is 0 Å². The van der Waals surface area contributed by atoms with Gasteiger partial charge in [0.25, 0.3) is 0 Å². The third kappa shape index (κ3) is 5.31. The van der Waals surface area contributed by atoms with Crippen molar-refractivity contribution in [2.75, 3.05) is 11.9 Å². The van der Waals surface area contributed by atoms with Crippen LogP contribution in [0.5, 0.6) is 0 Å². The molecule has 0 aromatic heterocycles. The van der Waals surface area contributed by atoms with E-state index in [1.165, 1.54) is 6.07 Å². The van der Waals surface area contributed by atoms with Gasteiger partial charge >= 0.3 is 5.97 Å². The summed E-state index contributed by atoms with van der Waals surface area (Å²) in [5.41, 5.74) is 2.97. The summed E-state index contributed by atoms with van der Waals surface area (Å²) in [5, 5.41) is 3.32. The smallest absolute Gasteiger partial charge is 0.338 e. The van der Waals surface area contributed by atoms with Crippen LogP contribution in [0.25, 0.3) is 0 Å². The van der Waals surface area contributed by atoms with Crippen LogP contribution in [-0.4, -0.2) is 12.6 Å². The second-order valence-corrected chi connectivity index (χ2v) is 7.60. The summed E-state index contributed by atoms with van der Waals surface area (Å²) in [7, 11) is 0. The molecule has 140 valence electrons. The minimum Gasteiger partial charge on any atom is -0.462 e. The lowest BCUT2D eigenvalue weighted by atomic mass is 9.95. The van der Waals surface area contributed by atoms with Crippen LogP contribution >= 0.6 is 15.9 Å². The fourth-order valence-corrected chi connectivity index (χ4v) is 3.09. The van der Waals surface area contributed by atoms with Gasteiger partial charge in [-0.25, -0.2) is 9.18 Å². The number of esters is 1. The number of benzene rings is 2. The molecule has 2 aromatic carbocycles. The Kier molecular flexibility index (Phi) is 7.21. The Labute approximate surface area is 163 Å². The van der Waals surface area contributed by atoms with Crippen molar-refractivity contribution in [1.29, 1.82) is 0 Å². The van der Waals surface area contributed by atoms with Gasteiger partial charge in [0.2, 0.25) is 0 Å². The molecule has 0 amide bonds. The fourth-order valence-electron chi connectivity index (χ4n) is 2.77. The predicted molar refractivity (Wildman–Crippen MR) is 107 cm³/mol. The zero-order chi connectivity index (χ0) is 19.3. The maximum absolute atomic E-state index is 14.3. The summed E-state index contributed by atoms with van der Waals surface area (Å²) in [6, 6.07) is 10.5. The van der Waals surface area contributed by atoms with E-state index in [1.54, 1.807) is 25.1 Å². The zero-order valence-corrected chi connectivity index (χ0v) is 17.2. The number of carbonyl (C=O) groups is 1. The van der Waals surface area contributed by atoms with Crippen LogP contribution < -0.4 is 5.32 Å². The molecule has 26 heavy (non-hydrogen) atoms. The number of aryl methyl sites for hydroxylation is 1. The summed E-state index contributed by atoms with van der Waals surface area (Å²) in [5.74, 6) is -0.196. The van der Waals surface area contributed by atoms with Crippen LogP contribution in [0, 0.1) is 18.7 Å². The number of rotatable bonds is 7. The summed E-state index contributed by atoms with van der Waals surface area (Å²) in [4.78, 5) is 11.8. The van der Waals surface area contributed by atoms with Gasteiger partial charge in [0, 0.05) is 4.47 Å². The minimum atomic E-state index is -0.331. The standard InChI is InChI=1S/C21H25BrFNO2/c1-5-26-21(25)16-8-6-15(7-9-16)19(10-13(2)3)24-20-11-14(4)17(22)12-18(20)23/h6-9,11-13,19,24H,5,10H2,1-4H3. The SMILES string of the molecule is CCOC(=O)c1ccc(C(CC(C)C)Nc2cc(C)c(Br)cc2F)cc1. The Morgan fingerprint density at radius 1 is 1.23 bits per heavy atom. The van der Waals surface area contributed by atoms with Gasteiger partial charge in [-0.15, -0.1) is 0 Å². The van der Waals surface area contributed by atoms with Gasteiger partial charge in [-0.1, -0.05) is 41.9 Å². The van der Waals surface area contributed by atoms with Crippen LogP contribution in [0.1, 0.15) is 54.7 Å². The lowest BCUT2D eigenvalue weighted by Crippen LogP contribution is -2.15. The summed E-state index contributed by atoms with van der Waals surface area (Å²) >= 11 is 3.35. The molecular weight excluding hydrogens is 397 g/mol. The highest BCUT2D eigenvalue weighted by atomic mass is 79.9. The van der Waals surface area contributed by atoms with Crippen molar-refractivity contribution in [1.82, 2.24) is 0 Å². The first-order chi connectivity index (χ1) is 12.3. The van der Waals surface area contributed by atoms with Crippen LogP contribution in [0.3, 0.4) is 0 Å². The third-order valence-corrected chi connectivity index (χ3v) is 4.96. The lowest BCUT2D eigenvalue weighted by molar-refractivity contribution is 0.0526. The third-order valence-electron chi connectivity index (χ3n) is 4.11. The molecular formula is C21H25BrFNO2. The van der Waals surface area contributed by atoms with Gasteiger partial charge in [0.1, 0.15) is 5.82 Å². The normalized spacial score (nSPS) is 12.1. The number of anilines is 1. The van der Waals surface area contributed by atoms with Crippen molar-refractivity contribution in [2.24, 2.45) is 5.92 Å². The molecule has 2 aromatic rings. The van der Waals surface area contributed by atoms with Crippen LogP contribution in [0.15, 0.2) is 40.9 Å². The van der Waals surface area contributed by atoms with E-state index in [-0.39, 0.29) is 17.8 Å². The van der Waals surface area contributed by atoms with E-state index in [4.69, 9.17) is 4.74 Å². The fraction of sp³-hybridized carbons (Fsp3) is 0.381. The quantitative estimate of drug-likeness (QED) is 0.535. The summed E-state index contributed by atoms with van der Waals surface area (Å²) in [6.07, 6.45) is 0.841. The highest BCUT2D eigenvalue weighted by Gasteiger charge is 2.17. The molecule has 2 rings (SSSR count). The Balaban J connectivity index is 2.27. The molecule has 1 N–H and O–H groups in total. The number of halogens is 2. The maximum Gasteiger partial charge on any atom is 0.338 e. The summed E-state index contributed by atoms with van der Waals surface area (Å²) in [6.45, 7) is 8.32. The highest BCUT2D eigenvalue weighted by molar-refractivity contribution is 9.10. The first-order valence-electron chi connectivity index (χ1n) is 8.81. The van der Waals surface area contributed by atoms with E-state index in [1.807, 2.05) is 19.1 Å². The van der Waals surface area contributed by atoms with E-state index in [2.05, 4.69) is 35.1 Å². The maximum atomic E-state index is 14.3. The number of hydrogen-bond acceptors (Lipinski definition) is 3. The Hall–Kier alpha value is -1.88. The Morgan fingerprint density at radius 3 is 2.46 bits per heavy atom. The van der Waals surface area contributed by atoms with E-state index in [9.17, 15) is 9.18 Å². The predicted octanol–water partition coefficient (Wildman–Crippen LogP) is 6.27. The van der Waals surface area contributed by atoms with E-state index in [0.29, 0.717) is 23.8 Å². The molecule has 0 fully saturated rings. The minimum absolute atomic E-state index is 0.0543. The van der Waals surface area contributed by atoms with E-state index >= 15 is 0 Å². The molecule has 0 aliphatic rings. The molecule has 5 heteroatoms. The van der Waals surface area contributed by atoms with Crippen LogP contribution in [0.2, 0.25) is 0 Å². The topological polar surface area (TPSA) is 38.3 Å².